The van der Waals surface area contributed by atoms with Crippen molar-refractivity contribution in [3.63, 3.8) is 0 Å². The number of imide groups is 1. The minimum atomic E-state index is -0.947. The summed E-state index contributed by atoms with van der Waals surface area (Å²) >= 11 is 0. The number of benzene rings is 3. The summed E-state index contributed by atoms with van der Waals surface area (Å²) in [6.45, 7) is 28.4. The number of H-pyrrole nitrogens is 2. The van der Waals surface area contributed by atoms with E-state index in [0.29, 0.717) is 30.6 Å². The number of allylic oxidation sites excluding steroid dienone is 4. The number of carbonyl (C=O) groups excluding carboxylic acids is 3. The molecule has 3 amide bonds. The van der Waals surface area contributed by atoms with Crippen LogP contribution in [0.25, 0.3) is 66.6 Å². The SMILES string of the molecule is CCCCCCC1=C(C)c2nc1cc1[nH]c(c(C)c1CCCCCC)c(-c1ccc(N3C(=O)[C@@]4(C)CC(C)(C(=O)Nc5ccc(C)cc5)C[C@](C)(C4)C3=O)cc1)c1[nH]c(cc3nc(c2-c2ccc(C)cc2)C(C)=C3CCCCCC)c(CCCCCC)c1C. The van der Waals surface area contributed by atoms with Gasteiger partial charge in [0.15, 0.2) is 0 Å². The highest BCUT2D eigenvalue weighted by atomic mass is 16.2. The molecule has 9 nitrogen and oxygen atoms in total. The highest BCUT2D eigenvalue weighted by molar-refractivity contribution is 6.21. The second-order valence-corrected chi connectivity index (χ2v) is 28.1. The number of aromatic amines is 2. The average molecular weight is 1200 g/mol. The summed E-state index contributed by atoms with van der Waals surface area (Å²) in [5.74, 6) is -0.666. The maximum Gasteiger partial charge on any atom is 0.239 e. The Morgan fingerprint density at radius 1 is 0.494 bits per heavy atom. The molecular weight excluding hydrogens is 1090 g/mol. The molecule has 6 aromatic rings. The second kappa shape index (κ2) is 27.5. The van der Waals surface area contributed by atoms with Gasteiger partial charge < -0.3 is 15.3 Å². The van der Waals surface area contributed by atoms with Crippen molar-refractivity contribution in [3.8, 4) is 22.3 Å². The predicted octanol–water partition coefficient (Wildman–Crippen LogP) is 21.6. The molecule has 10 bridgehead atoms. The first-order chi connectivity index (χ1) is 42.8. The third kappa shape index (κ3) is 13.2. The molecule has 3 aromatic heterocycles. The normalized spacial score (nSPS) is 19.3. The number of piperidine rings is 1. The molecule has 0 spiro atoms. The third-order valence-electron chi connectivity index (χ3n) is 20.6. The first-order valence-electron chi connectivity index (χ1n) is 34.4. The average Bonchev–Trinajstić information content (AvgIpc) is 1.07. The maximum atomic E-state index is 15.2. The fourth-order valence-corrected chi connectivity index (χ4v) is 15.8. The van der Waals surface area contributed by atoms with Crippen molar-refractivity contribution < 1.29 is 14.4 Å². The zero-order valence-electron chi connectivity index (χ0n) is 56.4. The molecule has 1 saturated heterocycles. The van der Waals surface area contributed by atoms with Gasteiger partial charge in [0.1, 0.15) is 0 Å². The van der Waals surface area contributed by atoms with Gasteiger partial charge in [0.25, 0.3) is 0 Å². The van der Waals surface area contributed by atoms with Crippen LogP contribution in [0.5, 0.6) is 0 Å². The molecule has 3 aliphatic heterocycles. The Bertz CT molecular complexity index is 3680. The first kappa shape index (κ1) is 64.8. The van der Waals surface area contributed by atoms with Crippen molar-refractivity contribution in [2.75, 3.05) is 10.2 Å². The summed E-state index contributed by atoms with van der Waals surface area (Å²) in [7, 11) is 0. The topological polar surface area (TPSA) is 124 Å². The molecule has 0 radical (unpaired) electrons. The van der Waals surface area contributed by atoms with Gasteiger partial charge in [0.05, 0.1) is 39.5 Å². The molecule has 1 aliphatic carbocycles. The minimum Gasteiger partial charge on any atom is -0.354 e. The molecule has 3 N–H and O–H groups in total. The highest BCUT2D eigenvalue weighted by Gasteiger charge is 2.63. The van der Waals surface area contributed by atoms with Crippen molar-refractivity contribution >= 4 is 73.5 Å². The summed E-state index contributed by atoms with van der Waals surface area (Å²) in [5, 5.41) is 3.14. The minimum absolute atomic E-state index is 0.162. The standard InChI is InChI=1S/C80H102N6O3/c1-14-18-22-26-30-61-53(7)71-69(57-38-34-51(5)35-39-57)72-54(8)62(31-27-23-19-15-2)66(83-72)47-68-64(33-29-25-21-17-4)56(10)74(85-68)70(73-55(9)63(32-28-24-20-16-3)67(84-73)46-65(61)82-71)58-40-44-60(45-41-58)86-76(88)79(12)48-78(11,49-80(13,50-79)77(86)89)75(87)81-59-42-36-52(6)37-43-59/h34-47,84-85H,14-33,48-50H2,1-13H3,(H,81,87)/t78?,79-,80+. The van der Waals surface area contributed by atoms with E-state index in [1.807, 2.05) is 64.1 Å². The fourth-order valence-electron chi connectivity index (χ4n) is 15.8. The molecule has 2 fully saturated rings. The smallest absolute Gasteiger partial charge is 0.239 e. The lowest BCUT2D eigenvalue weighted by Crippen LogP contribution is -2.64. The number of aromatic nitrogens is 4. The number of carbonyl (C=O) groups is 3. The molecule has 9 heteroatoms. The van der Waals surface area contributed by atoms with Crippen molar-refractivity contribution in [3.05, 3.63) is 141 Å². The van der Waals surface area contributed by atoms with Crippen LogP contribution in [0.3, 0.4) is 0 Å². The number of unbranched alkanes of at least 4 members (excludes halogenated alkanes) is 12. The summed E-state index contributed by atoms with van der Waals surface area (Å²) in [5.41, 5.74) is 23.6. The molecule has 3 aromatic carbocycles. The van der Waals surface area contributed by atoms with E-state index in [2.05, 4.69) is 126 Å². The highest BCUT2D eigenvalue weighted by Crippen LogP contribution is 2.59. The van der Waals surface area contributed by atoms with Gasteiger partial charge in [-0.1, -0.05) is 185 Å². The van der Waals surface area contributed by atoms with Gasteiger partial charge >= 0.3 is 0 Å². The number of aryl methyl sites for hydroxylation is 6. The van der Waals surface area contributed by atoms with E-state index in [-0.39, 0.29) is 17.7 Å². The Morgan fingerprint density at radius 3 is 1.31 bits per heavy atom. The lowest BCUT2D eigenvalue weighted by atomic mass is 9.51. The van der Waals surface area contributed by atoms with E-state index in [4.69, 9.17) is 9.97 Å². The molecule has 6 heterocycles. The number of anilines is 2. The van der Waals surface area contributed by atoms with Crippen LogP contribution < -0.4 is 10.2 Å². The lowest BCUT2D eigenvalue weighted by Gasteiger charge is -2.55. The van der Waals surface area contributed by atoms with E-state index in [1.165, 1.54) is 106 Å². The molecule has 4 aliphatic rings. The van der Waals surface area contributed by atoms with Gasteiger partial charge in [-0.05, 0) is 204 Å². The van der Waals surface area contributed by atoms with Crippen molar-refractivity contribution in [2.24, 2.45) is 16.2 Å². The number of fused-ring (bicyclic) bond motifs is 10. The van der Waals surface area contributed by atoms with Crippen LogP contribution in [0.1, 0.15) is 253 Å². The zero-order valence-corrected chi connectivity index (χ0v) is 56.4. The Hall–Kier alpha value is -7.13. The molecular formula is C80H102N6O3. The van der Waals surface area contributed by atoms with Gasteiger partial charge in [0, 0.05) is 44.1 Å². The molecule has 89 heavy (non-hydrogen) atoms. The van der Waals surface area contributed by atoms with Gasteiger partial charge in [-0.25, -0.2) is 14.9 Å². The van der Waals surface area contributed by atoms with Crippen LogP contribution in [-0.2, 0) is 27.2 Å². The Balaban J connectivity index is 1.22. The molecule has 3 atom stereocenters. The van der Waals surface area contributed by atoms with Gasteiger partial charge in [-0.2, -0.15) is 0 Å². The summed E-state index contributed by atoms with van der Waals surface area (Å²) in [4.78, 5) is 66.2. The van der Waals surface area contributed by atoms with E-state index in [1.54, 1.807) is 0 Å². The number of nitrogens with zero attached hydrogens (tertiary/aromatic N) is 3. The van der Waals surface area contributed by atoms with Crippen LogP contribution >= 0.6 is 0 Å². The lowest BCUT2D eigenvalue weighted by molar-refractivity contribution is -0.158. The summed E-state index contributed by atoms with van der Waals surface area (Å²) in [6, 6.07) is 29.8. The number of hydrogen-bond acceptors (Lipinski definition) is 5. The van der Waals surface area contributed by atoms with Crippen LogP contribution in [0, 0.1) is 43.9 Å². The van der Waals surface area contributed by atoms with Crippen molar-refractivity contribution in [1.29, 1.82) is 0 Å². The van der Waals surface area contributed by atoms with E-state index >= 15 is 9.59 Å². The predicted molar refractivity (Wildman–Crippen MR) is 375 cm³/mol. The molecule has 10 rings (SSSR count). The van der Waals surface area contributed by atoms with Gasteiger partial charge in [0.2, 0.25) is 17.7 Å². The Labute approximate surface area is 532 Å². The van der Waals surface area contributed by atoms with Crippen molar-refractivity contribution in [2.45, 2.75) is 238 Å². The van der Waals surface area contributed by atoms with Crippen LogP contribution in [0.2, 0.25) is 0 Å². The zero-order chi connectivity index (χ0) is 63.4. The maximum absolute atomic E-state index is 15.2. The van der Waals surface area contributed by atoms with Gasteiger partial charge in [-0.15, -0.1) is 0 Å². The van der Waals surface area contributed by atoms with Gasteiger partial charge in [-0.3, -0.25) is 14.4 Å². The largest absolute Gasteiger partial charge is 0.354 e. The van der Waals surface area contributed by atoms with E-state index in [9.17, 15) is 4.79 Å². The summed E-state index contributed by atoms with van der Waals surface area (Å²) < 4.78 is 0. The second-order valence-electron chi connectivity index (χ2n) is 28.1. The van der Waals surface area contributed by atoms with Crippen LogP contribution in [0.4, 0.5) is 11.4 Å². The monoisotopic (exact) mass is 1190 g/mol. The van der Waals surface area contributed by atoms with Crippen LogP contribution in [0.15, 0.2) is 84.9 Å². The number of nitrogens with one attached hydrogen (secondary N) is 3. The third-order valence-corrected chi connectivity index (χ3v) is 20.6. The number of amides is 3. The van der Waals surface area contributed by atoms with E-state index in [0.717, 1.165) is 150 Å². The van der Waals surface area contributed by atoms with Crippen LogP contribution in [-0.4, -0.2) is 37.7 Å². The first-order valence-corrected chi connectivity index (χ1v) is 34.4. The Morgan fingerprint density at radius 2 is 0.888 bits per heavy atom. The quantitative estimate of drug-likeness (QED) is 0.0389. The summed E-state index contributed by atoms with van der Waals surface area (Å²) in [6.07, 6.45) is 23.2. The number of hydrogen-bond donors (Lipinski definition) is 3. The Kier molecular flexibility index (Phi) is 20.1. The van der Waals surface area contributed by atoms with E-state index < -0.39 is 16.2 Å². The molecule has 470 valence electrons. The number of rotatable bonds is 25. The fraction of sp³-hybridized carbons (Fsp3) is 0.487. The molecule has 1 unspecified atom stereocenters. The molecule has 1 saturated carbocycles. The van der Waals surface area contributed by atoms with Crippen molar-refractivity contribution in [1.82, 2.24) is 19.9 Å².